The Bertz CT molecular complexity index is 355. The zero-order chi connectivity index (χ0) is 11.1. The molecule has 0 aromatic heterocycles. The highest BCUT2D eigenvalue weighted by Crippen LogP contribution is 2.02. The number of hydrogen-bond donors (Lipinski definition) is 0. The molecule has 84 valence electrons. The van der Waals surface area contributed by atoms with Gasteiger partial charge in [-0.05, 0) is 12.0 Å². The Labute approximate surface area is 96.6 Å². The summed E-state index contributed by atoms with van der Waals surface area (Å²) in [6.07, 6.45) is 1.86. The lowest BCUT2D eigenvalue weighted by Gasteiger charge is -2.17. The standard InChI is InChI=1S/C14H16O2/c1-2-6-13(7-3-1)8-4-5-9-14-12-15-10-11-16-14/h1-3,6-7,14H,4,8,10-12H2/t14-/m0/s1. The summed E-state index contributed by atoms with van der Waals surface area (Å²) in [6.45, 7) is 1.97. The number of benzene rings is 1. The lowest BCUT2D eigenvalue weighted by Crippen LogP contribution is -2.27. The molecule has 16 heavy (non-hydrogen) atoms. The highest BCUT2D eigenvalue weighted by molar-refractivity contribution is 5.16. The molecule has 1 fully saturated rings. The summed E-state index contributed by atoms with van der Waals surface area (Å²) in [5, 5.41) is 0. The largest absolute Gasteiger partial charge is 0.375 e. The Kier molecular flexibility index (Phi) is 4.42. The van der Waals surface area contributed by atoms with Crippen molar-refractivity contribution in [2.45, 2.75) is 18.9 Å². The zero-order valence-corrected chi connectivity index (χ0v) is 9.32. The summed E-state index contributed by atoms with van der Waals surface area (Å²) < 4.78 is 10.7. The lowest BCUT2D eigenvalue weighted by atomic mass is 10.1. The van der Waals surface area contributed by atoms with Crippen molar-refractivity contribution in [3.8, 4) is 11.8 Å². The van der Waals surface area contributed by atoms with Crippen LogP contribution < -0.4 is 0 Å². The first-order valence-electron chi connectivity index (χ1n) is 5.67. The van der Waals surface area contributed by atoms with Gasteiger partial charge in [0.15, 0.2) is 0 Å². The summed E-state index contributed by atoms with van der Waals surface area (Å²) in [6, 6.07) is 10.4. The predicted octanol–water partition coefficient (Wildman–Crippen LogP) is 2.04. The molecule has 2 heteroatoms. The van der Waals surface area contributed by atoms with Crippen molar-refractivity contribution in [3.05, 3.63) is 35.9 Å². The first kappa shape index (κ1) is 11.2. The van der Waals surface area contributed by atoms with Gasteiger partial charge in [0.05, 0.1) is 19.8 Å². The van der Waals surface area contributed by atoms with E-state index in [1.807, 2.05) is 6.07 Å². The van der Waals surface area contributed by atoms with E-state index in [9.17, 15) is 0 Å². The third-order valence-electron chi connectivity index (χ3n) is 2.46. The molecule has 0 saturated carbocycles. The molecule has 0 amide bonds. The van der Waals surface area contributed by atoms with E-state index < -0.39 is 0 Å². The average Bonchev–Trinajstić information content (AvgIpc) is 2.37. The number of aryl methyl sites for hydroxylation is 1. The summed E-state index contributed by atoms with van der Waals surface area (Å²) >= 11 is 0. The Balaban J connectivity index is 1.73. The minimum absolute atomic E-state index is 0.0236. The zero-order valence-electron chi connectivity index (χ0n) is 9.32. The fourth-order valence-electron chi connectivity index (χ4n) is 1.61. The van der Waals surface area contributed by atoms with Crippen LogP contribution in [0.4, 0.5) is 0 Å². The van der Waals surface area contributed by atoms with Gasteiger partial charge in [0.1, 0.15) is 6.10 Å². The van der Waals surface area contributed by atoms with Crippen molar-refractivity contribution in [3.63, 3.8) is 0 Å². The molecule has 1 atom stereocenters. The molecule has 0 unspecified atom stereocenters. The predicted molar refractivity (Wildman–Crippen MR) is 63.1 cm³/mol. The third-order valence-corrected chi connectivity index (χ3v) is 2.46. The Morgan fingerprint density at radius 1 is 1.19 bits per heavy atom. The highest BCUT2D eigenvalue weighted by Gasteiger charge is 2.09. The maximum Gasteiger partial charge on any atom is 0.141 e. The first-order valence-corrected chi connectivity index (χ1v) is 5.67. The fourth-order valence-corrected chi connectivity index (χ4v) is 1.61. The maximum absolute atomic E-state index is 5.43. The van der Waals surface area contributed by atoms with Crippen LogP contribution in [0.5, 0.6) is 0 Å². The molecule has 2 nitrogen and oxygen atoms in total. The van der Waals surface area contributed by atoms with Gasteiger partial charge < -0.3 is 9.47 Å². The summed E-state index contributed by atoms with van der Waals surface area (Å²) in [7, 11) is 0. The van der Waals surface area contributed by atoms with Crippen LogP contribution in [0.2, 0.25) is 0 Å². The van der Waals surface area contributed by atoms with E-state index in [-0.39, 0.29) is 6.10 Å². The Morgan fingerprint density at radius 3 is 2.81 bits per heavy atom. The fraction of sp³-hybridized carbons (Fsp3) is 0.429. The van der Waals surface area contributed by atoms with Gasteiger partial charge in [-0.3, -0.25) is 0 Å². The van der Waals surface area contributed by atoms with E-state index in [1.165, 1.54) is 5.56 Å². The molecule has 0 radical (unpaired) electrons. The van der Waals surface area contributed by atoms with E-state index in [0.29, 0.717) is 19.8 Å². The highest BCUT2D eigenvalue weighted by atomic mass is 16.6. The smallest absolute Gasteiger partial charge is 0.141 e. The molecule has 1 aliphatic heterocycles. The Hall–Kier alpha value is -1.30. The summed E-state index contributed by atoms with van der Waals surface area (Å²) in [5.74, 6) is 6.24. The van der Waals surface area contributed by atoms with Gasteiger partial charge in [-0.25, -0.2) is 0 Å². The van der Waals surface area contributed by atoms with Crippen molar-refractivity contribution < 1.29 is 9.47 Å². The summed E-state index contributed by atoms with van der Waals surface area (Å²) in [4.78, 5) is 0. The minimum atomic E-state index is -0.0236. The van der Waals surface area contributed by atoms with Crippen LogP contribution >= 0.6 is 0 Å². The monoisotopic (exact) mass is 216 g/mol. The van der Waals surface area contributed by atoms with E-state index in [0.717, 1.165) is 12.8 Å². The van der Waals surface area contributed by atoms with Gasteiger partial charge in [-0.2, -0.15) is 0 Å². The molecule has 1 saturated heterocycles. The molecule has 1 aliphatic rings. The van der Waals surface area contributed by atoms with Gasteiger partial charge in [0.25, 0.3) is 0 Å². The van der Waals surface area contributed by atoms with Gasteiger partial charge in [-0.15, -0.1) is 5.92 Å². The van der Waals surface area contributed by atoms with Crippen LogP contribution in [-0.2, 0) is 15.9 Å². The van der Waals surface area contributed by atoms with E-state index in [2.05, 4.69) is 36.1 Å². The molecule has 0 aliphatic carbocycles. The van der Waals surface area contributed by atoms with Crippen molar-refractivity contribution >= 4 is 0 Å². The second kappa shape index (κ2) is 6.32. The van der Waals surface area contributed by atoms with Crippen molar-refractivity contribution in [2.75, 3.05) is 19.8 Å². The van der Waals surface area contributed by atoms with Gasteiger partial charge in [0.2, 0.25) is 0 Å². The van der Waals surface area contributed by atoms with Gasteiger partial charge >= 0.3 is 0 Å². The number of ether oxygens (including phenoxy) is 2. The third kappa shape index (κ3) is 3.69. The van der Waals surface area contributed by atoms with Crippen LogP contribution in [0.1, 0.15) is 12.0 Å². The maximum atomic E-state index is 5.43. The topological polar surface area (TPSA) is 18.5 Å². The number of hydrogen-bond acceptors (Lipinski definition) is 2. The Morgan fingerprint density at radius 2 is 2.06 bits per heavy atom. The van der Waals surface area contributed by atoms with E-state index in [4.69, 9.17) is 9.47 Å². The first-order chi connectivity index (χ1) is 7.95. The minimum Gasteiger partial charge on any atom is -0.375 e. The average molecular weight is 216 g/mol. The summed E-state index contributed by atoms with van der Waals surface area (Å²) in [5.41, 5.74) is 1.33. The van der Waals surface area contributed by atoms with Crippen LogP contribution in [0.3, 0.4) is 0 Å². The van der Waals surface area contributed by atoms with E-state index in [1.54, 1.807) is 0 Å². The SMILES string of the molecule is C(#C[C@H]1COCCO1)CCc1ccccc1. The normalized spacial score (nSPS) is 19.9. The van der Waals surface area contributed by atoms with Crippen LogP contribution in [0.25, 0.3) is 0 Å². The van der Waals surface area contributed by atoms with Gasteiger partial charge in [-0.1, -0.05) is 36.3 Å². The van der Waals surface area contributed by atoms with Gasteiger partial charge in [0, 0.05) is 6.42 Å². The molecule has 1 aromatic carbocycles. The molecule has 2 rings (SSSR count). The molecular weight excluding hydrogens is 200 g/mol. The molecule has 0 N–H and O–H groups in total. The lowest BCUT2D eigenvalue weighted by molar-refractivity contribution is -0.0636. The second-order valence-corrected chi connectivity index (χ2v) is 3.74. The molecular formula is C14H16O2. The quantitative estimate of drug-likeness (QED) is 0.704. The molecule has 0 bridgehead atoms. The molecule has 1 aromatic rings. The van der Waals surface area contributed by atoms with Crippen LogP contribution in [-0.4, -0.2) is 25.9 Å². The van der Waals surface area contributed by atoms with Crippen molar-refractivity contribution in [2.24, 2.45) is 0 Å². The molecule has 0 spiro atoms. The second-order valence-electron chi connectivity index (χ2n) is 3.74. The molecule has 1 heterocycles. The van der Waals surface area contributed by atoms with Crippen LogP contribution in [0, 0.1) is 11.8 Å². The van der Waals surface area contributed by atoms with Crippen molar-refractivity contribution in [1.82, 2.24) is 0 Å². The van der Waals surface area contributed by atoms with Crippen molar-refractivity contribution in [1.29, 1.82) is 0 Å². The van der Waals surface area contributed by atoms with E-state index >= 15 is 0 Å². The number of rotatable bonds is 2. The van der Waals surface area contributed by atoms with Crippen LogP contribution in [0.15, 0.2) is 30.3 Å².